The van der Waals surface area contributed by atoms with Crippen molar-refractivity contribution in [2.45, 2.75) is 32.7 Å². The molecule has 0 aliphatic carbocycles. The molecular weight excluding hydrogens is 381 g/mol. The number of halogens is 3. The van der Waals surface area contributed by atoms with E-state index in [9.17, 15) is 27.6 Å². The normalized spacial score (nSPS) is 16.5. The Kier molecular flexibility index (Phi) is 6.65. The van der Waals surface area contributed by atoms with Gasteiger partial charge in [-0.15, -0.1) is 0 Å². The number of carboxylic acids is 1. The zero-order valence-electron chi connectivity index (χ0n) is 15.5. The Hall–Kier alpha value is -2.62. The molecule has 0 bridgehead atoms. The minimum absolute atomic E-state index is 0.119. The maximum absolute atomic E-state index is 12.5. The minimum atomic E-state index is -4.60. The molecule has 2 rings (SSSR count). The predicted octanol–water partition coefficient (Wildman–Crippen LogP) is 2.47. The average molecular weight is 402 g/mol. The highest BCUT2D eigenvalue weighted by atomic mass is 19.4. The van der Waals surface area contributed by atoms with Gasteiger partial charge >= 0.3 is 18.2 Å². The largest absolute Gasteiger partial charge is 0.475 e. The highest BCUT2D eigenvalue weighted by Gasteiger charge is 2.40. The molecule has 0 aromatic heterocycles. The number of aryl methyl sites for hydroxylation is 1. The van der Waals surface area contributed by atoms with Crippen molar-refractivity contribution >= 4 is 17.8 Å². The van der Waals surface area contributed by atoms with Crippen LogP contribution in [-0.2, 0) is 16.1 Å². The topological polar surface area (TPSA) is 87.2 Å². The maximum atomic E-state index is 12.5. The van der Waals surface area contributed by atoms with Crippen LogP contribution in [0.2, 0.25) is 0 Å². The van der Waals surface area contributed by atoms with E-state index in [0.29, 0.717) is 25.2 Å². The molecule has 1 unspecified atom stereocenters. The van der Waals surface area contributed by atoms with Gasteiger partial charge in [0.05, 0.1) is 0 Å². The molecule has 7 nitrogen and oxygen atoms in total. The molecule has 1 saturated heterocycles. The molecule has 1 N–H and O–H groups in total. The van der Waals surface area contributed by atoms with Gasteiger partial charge in [-0.2, -0.15) is 13.2 Å². The summed E-state index contributed by atoms with van der Waals surface area (Å²) in [6.45, 7) is 4.07. The van der Waals surface area contributed by atoms with Crippen molar-refractivity contribution in [3.63, 3.8) is 0 Å². The first kappa shape index (κ1) is 21.7. The number of hydrogen-bond acceptors (Lipinski definition) is 5. The van der Waals surface area contributed by atoms with E-state index in [2.05, 4.69) is 4.74 Å². The number of carbonyl (C=O) groups is 3. The van der Waals surface area contributed by atoms with Crippen LogP contribution in [0.5, 0.6) is 0 Å². The first-order valence-corrected chi connectivity index (χ1v) is 8.61. The molecule has 1 atom stereocenters. The summed E-state index contributed by atoms with van der Waals surface area (Å²) in [4.78, 5) is 37.7. The Balaban J connectivity index is 1.92. The number of carbonyl (C=O) groups excluding carboxylic acids is 2. The first-order chi connectivity index (χ1) is 13.0. The highest BCUT2D eigenvalue weighted by molar-refractivity contribution is 6.40. The molecule has 28 heavy (non-hydrogen) atoms. The number of piperazine rings is 1. The number of amides is 1. The second kappa shape index (κ2) is 8.59. The van der Waals surface area contributed by atoms with Gasteiger partial charge in [0.2, 0.25) is 0 Å². The van der Waals surface area contributed by atoms with Gasteiger partial charge in [0.1, 0.15) is 0 Å². The van der Waals surface area contributed by atoms with E-state index in [-0.39, 0.29) is 18.7 Å². The maximum Gasteiger partial charge on any atom is 0.425 e. The molecule has 1 aromatic carbocycles. The van der Waals surface area contributed by atoms with Gasteiger partial charge in [-0.3, -0.25) is 9.69 Å². The van der Waals surface area contributed by atoms with Crippen molar-refractivity contribution in [3.8, 4) is 0 Å². The number of nitrogens with zero attached hydrogens (tertiary/aromatic N) is 2. The predicted molar refractivity (Wildman–Crippen MR) is 92.0 cm³/mol. The highest BCUT2D eigenvalue weighted by Crippen LogP contribution is 2.23. The number of aliphatic carboxylic acids is 1. The van der Waals surface area contributed by atoms with Gasteiger partial charge in [-0.1, -0.05) is 12.1 Å². The summed E-state index contributed by atoms with van der Waals surface area (Å²) in [5, 5.41) is 8.89. The lowest BCUT2D eigenvalue weighted by Gasteiger charge is -2.34. The lowest BCUT2D eigenvalue weighted by molar-refractivity contribution is -0.200. The second-order valence-electron chi connectivity index (χ2n) is 6.61. The molecule has 1 amide bonds. The lowest BCUT2D eigenvalue weighted by Crippen LogP contribution is -2.49. The fourth-order valence-electron chi connectivity index (χ4n) is 2.77. The van der Waals surface area contributed by atoms with Crippen LogP contribution in [0.3, 0.4) is 0 Å². The average Bonchev–Trinajstić information content (AvgIpc) is 2.62. The van der Waals surface area contributed by atoms with Crippen LogP contribution >= 0.6 is 0 Å². The molecular formula is C18H21F3N2O5. The number of benzene rings is 1. The second-order valence-corrected chi connectivity index (χ2v) is 6.61. The monoisotopic (exact) mass is 402 g/mol. The van der Waals surface area contributed by atoms with Crippen LogP contribution in [0.1, 0.15) is 28.4 Å². The van der Waals surface area contributed by atoms with Crippen molar-refractivity contribution in [1.82, 2.24) is 9.80 Å². The van der Waals surface area contributed by atoms with Crippen molar-refractivity contribution in [2.75, 3.05) is 26.2 Å². The van der Waals surface area contributed by atoms with Gasteiger partial charge in [-0.25, -0.2) is 9.59 Å². The third-order valence-electron chi connectivity index (χ3n) is 4.52. The zero-order chi connectivity index (χ0) is 21.1. The van der Waals surface area contributed by atoms with E-state index in [0.717, 1.165) is 12.5 Å². The standard InChI is InChI=1S/C18H21F3N2O5/c1-11-3-4-13(9-14(11)15(24)16(25)26)10-22-5-7-23(8-6-22)17(27)28-12(2)18(19,20)21/h3-4,9,12H,5-8,10H2,1-2H3,(H,25,26). The fraction of sp³-hybridized carbons (Fsp3) is 0.500. The van der Waals surface area contributed by atoms with E-state index >= 15 is 0 Å². The third-order valence-corrected chi connectivity index (χ3v) is 4.52. The van der Waals surface area contributed by atoms with E-state index < -0.39 is 30.1 Å². The lowest BCUT2D eigenvalue weighted by atomic mass is 10.0. The van der Waals surface area contributed by atoms with Crippen LogP contribution in [0.15, 0.2) is 18.2 Å². The number of Topliss-reactive ketones (excluding diaryl/α,β-unsaturated/α-hetero) is 1. The molecule has 0 spiro atoms. The van der Waals surface area contributed by atoms with Gasteiger partial charge in [0.15, 0.2) is 6.10 Å². The third kappa shape index (κ3) is 5.44. The van der Waals surface area contributed by atoms with Crippen molar-refractivity contribution in [3.05, 3.63) is 34.9 Å². The van der Waals surface area contributed by atoms with Crippen LogP contribution in [-0.4, -0.2) is 71.2 Å². The number of alkyl halides is 3. The number of hydrogen-bond donors (Lipinski definition) is 1. The van der Waals surface area contributed by atoms with Crippen molar-refractivity contribution in [1.29, 1.82) is 0 Å². The molecule has 1 aromatic rings. The summed E-state index contributed by atoms with van der Waals surface area (Å²) < 4.78 is 41.9. The molecule has 1 aliphatic heterocycles. The van der Waals surface area contributed by atoms with Crippen LogP contribution < -0.4 is 0 Å². The Morgan fingerprint density at radius 1 is 1.18 bits per heavy atom. The van der Waals surface area contributed by atoms with Gasteiger partial charge in [0, 0.05) is 38.3 Å². The van der Waals surface area contributed by atoms with Gasteiger partial charge in [-0.05, 0) is 31.0 Å². The molecule has 154 valence electrons. The molecule has 1 aliphatic rings. The molecule has 1 fully saturated rings. The van der Waals surface area contributed by atoms with Crippen molar-refractivity contribution < 1.29 is 37.4 Å². The summed E-state index contributed by atoms with van der Waals surface area (Å²) in [7, 11) is 0. The van der Waals surface area contributed by atoms with E-state index in [1.165, 1.54) is 11.0 Å². The molecule has 10 heteroatoms. The van der Waals surface area contributed by atoms with Crippen LogP contribution in [0.4, 0.5) is 18.0 Å². The quantitative estimate of drug-likeness (QED) is 0.602. The van der Waals surface area contributed by atoms with Crippen molar-refractivity contribution in [2.24, 2.45) is 0 Å². The summed E-state index contributed by atoms with van der Waals surface area (Å²) >= 11 is 0. The summed E-state index contributed by atoms with van der Waals surface area (Å²) in [5.41, 5.74) is 1.41. The number of carboxylic acid groups (broad SMARTS) is 1. The Morgan fingerprint density at radius 2 is 1.79 bits per heavy atom. The summed E-state index contributed by atoms with van der Waals surface area (Å²) in [5.74, 6) is -2.51. The Bertz CT molecular complexity index is 758. The number of ketones is 1. The summed E-state index contributed by atoms with van der Waals surface area (Å²) in [6, 6.07) is 4.97. The zero-order valence-corrected chi connectivity index (χ0v) is 15.5. The Labute approximate surface area is 159 Å². The van der Waals surface area contributed by atoms with Gasteiger partial charge in [0.25, 0.3) is 5.78 Å². The van der Waals surface area contributed by atoms with E-state index in [4.69, 9.17) is 5.11 Å². The Morgan fingerprint density at radius 3 is 2.32 bits per heavy atom. The number of rotatable bonds is 5. The van der Waals surface area contributed by atoms with Crippen LogP contribution in [0.25, 0.3) is 0 Å². The first-order valence-electron chi connectivity index (χ1n) is 8.61. The van der Waals surface area contributed by atoms with E-state index in [1.54, 1.807) is 19.1 Å². The van der Waals surface area contributed by atoms with E-state index in [1.807, 2.05) is 4.90 Å². The van der Waals surface area contributed by atoms with Gasteiger partial charge < -0.3 is 14.7 Å². The molecule has 1 heterocycles. The smallest absolute Gasteiger partial charge is 0.425 e. The summed E-state index contributed by atoms with van der Waals surface area (Å²) in [6.07, 6.45) is -7.78. The van der Waals surface area contributed by atoms with Crippen LogP contribution in [0, 0.1) is 6.92 Å². The minimum Gasteiger partial charge on any atom is -0.475 e. The molecule has 0 radical (unpaired) electrons. The SMILES string of the molecule is Cc1ccc(CN2CCN(C(=O)OC(C)C(F)(F)F)CC2)cc1C(=O)C(=O)O. The fourth-order valence-corrected chi connectivity index (χ4v) is 2.77. The molecule has 0 saturated carbocycles. The number of ether oxygens (including phenoxy) is 1.